The molecule has 0 atom stereocenters. The number of hydrogen-bond acceptors (Lipinski definition) is 3. The van der Waals surface area contributed by atoms with E-state index in [1.165, 1.54) is 5.56 Å². The van der Waals surface area contributed by atoms with Crippen molar-refractivity contribution in [2.24, 2.45) is 5.73 Å². The Kier molecular flexibility index (Phi) is 2.92. The van der Waals surface area contributed by atoms with Gasteiger partial charge in [-0.15, -0.1) is 0 Å². The van der Waals surface area contributed by atoms with Crippen molar-refractivity contribution in [3.63, 3.8) is 0 Å². The Morgan fingerprint density at radius 2 is 2.25 bits per heavy atom. The number of benzene rings is 1. The van der Waals surface area contributed by atoms with Crippen LogP contribution in [0.15, 0.2) is 24.4 Å². The number of methoxy groups -OCH3 is 1. The molecular weight excluding hydrogens is 202 g/mol. The predicted octanol–water partition coefficient (Wildman–Crippen LogP) is 1.85. The second-order valence-electron chi connectivity index (χ2n) is 3.65. The maximum absolute atomic E-state index is 5.52. The number of nitrogens with zero attached hydrogens (tertiary/aromatic N) is 1. The van der Waals surface area contributed by atoms with E-state index < -0.39 is 0 Å². The van der Waals surface area contributed by atoms with E-state index in [1.54, 1.807) is 13.3 Å². The van der Waals surface area contributed by atoms with Crippen molar-refractivity contribution >= 4 is 0 Å². The second-order valence-corrected chi connectivity index (χ2v) is 3.65. The molecule has 0 unspecified atom stereocenters. The summed E-state index contributed by atoms with van der Waals surface area (Å²) < 4.78 is 5.32. The molecule has 1 heterocycles. The normalized spacial score (nSPS) is 10.4. The highest BCUT2D eigenvalue weighted by molar-refractivity contribution is 5.67. The third-order valence-electron chi connectivity index (χ3n) is 2.47. The van der Waals surface area contributed by atoms with Gasteiger partial charge in [-0.1, -0.05) is 11.6 Å². The molecule has 1 aromatic carbocycles. The Balaban J connectivity index is 2.49. The first-order valence-corrected chi connectivity index (χ1v) is 5.13. The van der Waals surface area contributed by atoms with E-state index in [0.717, 1.165) is 22.8 Å². The van der Waals surface area contributed by atoms with Crippen molar-refractivity contribution in [1.29, 1.82) is 0 Å². The molecule has 0 aliphatic heterocycles. The average Bonchev–Trinajstić information content (AvgIpc) is 2.77. The summed E-state index contributed by atoms with van der Waals surface area (Å²) in [6.07, 6.45) is 1.78. The van der Waals surface area contributed by atoms with E-state index >= 15 is 0 Å². The lowest BCUT2D eigenvalue weighted by Crippen LogP contribution is -1.98. The largest absolute Gasteiger partial charge is 0.496 e. The molecule has 0 spiro atoms. The lowest BCUT2D eigenvalue weighted by atomic mass is 10.1. The number of imidazole rings is 1. The zero-order valence-electron chi connectivity index (χ0n) is 9.45. The Labute approximate surface area is 94.5 Å². The predicted molar refractivity (Wildman–Crippen MR) is 63.2 cm³/mol. The van der Waals surface area contributed by atoms with Gasteiger partial charge in [0.25, 0.3) is 0 Å². The van der Waals surface area contributed by atoms with Crippen LogP contribution in [0, 0.1) is 6.92 Å². The van der Waals surface area contributed by atoms with Gasteiger partial charge >= 0.3 is 0 Å². The molecule has 0 aliphatic carbocycles. The van der Waals surface area contributed by atoms with E-state index in [9.17, 15) is 0 Å². The molecule has 4 heteroatoms. The van der Waals surface area contributed by atoms with Crippen LogP contribution in [0.5, 0.6) is 5.75 Å². The lowest BCUT2D eigenvalue weighted by Gasteiger charge is -2.07. The Hall–Kier alpha value is -1.81. The first kappa shape index (κ1) is 10.7. The Morgan fingerprint density at radius 3 is 2.88 bits per heavy atom. The van der Waals surface area contributed by atoms with Gasteiger partial charge in [-0.3, -0.25) is 0 Å². The fourth-order valence-corrected chi connectivity index (χ4v) is 1.64. The van der Waals surface area contributed by atoms with Gasteiger partial charge < -0.3 is 15.5 Å². The van der Waals surface area contributed by atoms with Crippen LogP contribution in [0.25, 0.3) is 11.3 Å². The number of ether oxygens (including phenoxy) is 1. The molecular formula is C12H15N3O. The SMILES string of the molecule is COc1ccc(C)cc1-c1cnc(CN)[nH]1. The number of rotatable bonds is 3. The minimum absolute atomic E-state index is 0.411. The zero-order valence-corrected chi connectivity index (χ0v) is 9.45. The molecule has 0 bridgehead atoms. The fourth-order valence-electron chi connectivity index (χ4n) is 1.64. The molecule has 16 heavy (non-hydrogen) atoms. The van der Waals surface area contributed by atoms with Gasteiger partial charge in [-0.2, -0.15) is 0 Å². The molecule has 4 nitrogen and oxygen atoms in total. The molecule has 2 rings (SSSR count). The van der Waals surface area contributed by atoms with Gasteiger partial charge in [-0.05, 0) is 19.1 Å². The van der Waals surface area contributed by atoms with Crippen molar-refractivity contribution in [2.45, 2.75) is 13.5 Å². The third kappa shape index (κ3) is 1.92. The fraction of sp³-hybridized carbons (Fsp3) is 0.250. The second kappa shape index (κ2) is 4.37. The molecule has 0 saturated heterocycles. The van der Waals surface area contributed by atoms with Crippen LogP contribution in [0.1, 0.15) is 11.4 Å². The maximum Gasteiger partial charge on any atom is 0.128 e. The topological polar surface area (TPSA) is 63.9 Å². The van der Waals surface area contributed by atoms with Crippen LogP contribution in [0.2, 0.25) is 0 Å². The Morgan fingerprint density at radius 1 is 1.44 bits per heavy atom. The summed E-state index contributed by atoms with van der Waals surface area (Å²) in [5, 5.41) is 0. The summed E-state index contributed by atoms with van der Waals surface area (Å²) in [6, 6.07) is 6.03. The molecule has 0 radical (unpaired) electrons. The quantitative estimate of drug-likeness (QED) is 0.824. The van der Waals surface area contributed by atoms with Crippen LogP contribution in [-0.2, 0) is 6.54 Å². The summed E-state index contributed by atoms with van der Waals surface area (Å²) in [7, 11) is 1.66. The Bertz CT molecular complexity index is 491. The number of nitrogens with one attached hydrogen (secondary N) is 1. The van der Waals surface area contributed by atoms with E-state index in [2.05, 4.69) is 16.0 Å². The van der Waals surface area contributed by atoms with Crippen molar-refractivity contribution < 1.29 is 4.74 Å². The summed E-state index contributed by atoms with van der Waals surface area (Å²) in [4.78, 5) is 7.34. The van der Waals surface area contributed by atoms with Gasteiger partial charge in [0.15, 0.2) is 0 Å². The molecule has 0 amide bonds. The molecule has 0 saturated carbocycles. The smallest absolute Gasteiger partial charge is 0.128 e. The number of aromatic amines is 1. The standard InChI is InChI=1S/C12H15N3O/c1-8-3-4-11(16-2)9(5-8)10-7-14-12(6-13)15-10/h3-5,7H,6,13H2,1-2H3,(H,14,15). The lowest BCUT2D eigenvalue weighted by molar-refractivity contribution is 0.416. The minimum atomic E-state index is 0.411. The summed E-state index contributed by atoms with van der Waals surface area (Å²) in [5.41, 5.74) is 8.64. The molecule has 84 valence electrons. The summed E-state index contributed by atoms with van der Waals surface area (Å²) in [6.45, 7) is 2.46. The van der Waals surface area contributed by atoms with E-state index in [0.29, 0.717) is 6.54 Å². The average molecular weight is 217 g/mol. The number of H-pyrrole nitrogens is 1. The highest BCUT2D eigenvalue weighted by Gasteiger charge is 2.08. The number of hydrogen-bond donors (Lipinski definition) is 2. The molecule has 2 aromatic rings. The molecule has 3 N–H and O–H groups in total. The van der Waals surface area contributed by atoms with Gasteiger partial charge in [-0.25, -0.2) is 4.98 Å². The van der Waals surface area contributed by atoms with Crippen LogP contribution in [0.3, 0.4) is 0 Å². The summed E-state index contributed by atoms with van der Waals surface area (Å²) >= 11 is 0. The first-order chi connectivity index (χ1) is 7.74. The number of nitrogens with two attached hydrogens (primary N) is 1. The van der Waals surface area contributed by atoms with Crippen molar-refractivity contribution in [1.82, 2.24) is 9.97 Å². The van der Waals surface area contributed by atoms with Crippen LogP contribution in [0.4, 0.5) is 0 Å². The van der Waals surface area contributed by atoms with Gasteiger partial charge in [0.1, 0.15) is 11.6 Å². The van der Waals surface area contributed by atoms with Gasteiger partial charge in [0, 0.05) is 5.56 Å². The number of aromatic nitrogens is 2. The van der Waals surface area contributed by atoms with E-state index in [-0.39, 0.29) is 0 Å². The van der Waals surface area contributed by atoms with Crippen LogP contribution in [-0.4, -0.2) is 17.1 Å². The van der Waals surface area contributed by atoms with Crippen molar-refractivity contribution in [3.05, 3.63) is 35.8 Å². The van der Waals surface area contributed by atoms with Crippen molar-refractivity contribution in [3.8, 4) is 17.0 Å². The van der Waals surface area contributed by atoms with Gasteiger partial charge in [0.05, 0.1) is 25.5 Å². The van der Waals surface area contributed by atoms with Crippen molar-refractivity contribution in [2.75, 3.05) is 7.11 Å². The molecule has 0 fully saturated rings. The maximum atomic E-state index is 5.52. The van der Waals surface area contributed by atoms with E-state index in [1.807, 2.05) is 19.1 Å². The monoisotopic (exact) mass is 217 g/mol. The summed E-state index contributed by atoms with van der Waals surface area (Å²) in [5.74, 6) is 1.61. The van der Waals surface area contributed by atoms with E-state index in [4.69, 9.17) is 10.5 Å². The third-order valence-corrected chi connectivity index (χ3v) is 2.47. The van der Waals surface area contributed by atoms with Gasteiger partial charge in [0.2, 0.25) is 0 Å². The molecule has 0 aliphatic rings. The zero-order chi connectivity index (χ0) is 11.5. The highest BCUT2D eigenvalue weighted by atomic mass is 16.5. The highest BCUT2D eigenvalue weighted by Crippen LogP contribution is 2.29. The van der Waals surface area contributed by atoms with Crippen LogP contribution >= 0.6 is 0 Å². The van der Waals surface area contributed by atoms with Crippen LogP contribution < -0.4 is 10.5 Å². The number of aryl methyl sites for hydroxylation is 1. The molecule has 1 aromatic heterocycles. The first-order valence-electron chi connectivity index (χ1n) is 5.13. The minimum Gasteiger partial charge on any atom is -0.496 e.